The van der Waals surface area contributed by atoms with Crippen LogP contribution in [-0.4, -0.2) is 41.3 Å². The van der Waals surface area contributed by atoms with E-state index in [1.54, 1.807) is 0 Å². The molecule has 1 atom stereocenters. The molecule has 1 aromatic rings. The average molecular weight is 262 g/mol. The molecule has 1 aliphatic heterocycles. The maximum atomic E-state index is 9.10. The molecular weight excluding hydrogens is 236 g/mol. The number of piperazine rings is 1. The third kappa shape index (κ3) is 3.78. The van der Waals surface area contributed by atoms with Gasteiger partial charge in [0.25, 0.3) is 0 Å². The molecule has 2 N–H and O–H groups in total. The molecular formula is C16H26N2O. The van der Waals surface area contributed by atoms with Crippen LogP contribution in [0.3, 0.4) is 0 Å². The van der Waals surface area contributed by atoms with Gasteiger partial charge >= 0.3 is 0 Å². The summed E-state index contributed by atoms with van der Waals surface area (Å²) >= 11 is 0. The fourth-order valence-electron chi connectivity index (χ4n) is 2.63. The van der Waals surface area contributed by atoms with Crippen molar-refractivity contribution in [1.29, 1.82) is 0 Å². The summed E-state index contributed by atoms with van der Waals surface area (Å²) in [7, 11) is 0. The lowest BCUT2D eigenvalue weighted by atomic mass is 9.95. The van der Waals surface area contributed by atoms with Gasteiger partial charge < -0.3 is 10.4 Å². The first-order chi connectivity index (χ1) is 9.01. The molecule has 0 saturated carbocycles. The standard InChI is InChI=1S/C16H26N2O/c1-13-4-6-14(7-5-13)10-18-11-15(8-9-19)17-12-16(18,2)3/h4-7,15,17,19H,8-12H2,1-3H3. The molecule has 0 bridgehead atoms. The SMILES string of the molecule is Cc1ccc(CN2CC(CCO)NCC2(C)C)cc1. The second-order valence-electron chi connectivity index (χ2n) is 6.27. The van der Waals surface area contributed by atoms with E-state index in [9.17, 15) is 0 Å². The fourth-order valence-corrected chi connectivity index (χ4v) is 2.63. The lowest BCUT2D eigenvalue weighted by molar-refractivity contribution is 0.0520. The Labute approximate surface area is 116 Å². The predicted molar refractivity (Wildman–Crippen MR) is 79.2 cm³/mol. The van der Waals surface area contributed by atoms with Crippen molar-refractivity contribution in [3.05, 3.63) is 35.4 Å². The third-order valence-corrected chi connectivity index (χ3v) is 4.09. The van der Waals surface area contributed by atoms with E-state index < -0.39 is 0 Å². The minimum atomic E-state index is 0.164. The molecule has 0 amide bonds. The van der Waals surface area contributed by atoms with E-state index in [4.69, 9.17) is 5.11 Å². The second kappa shape index (κ2) is 6.04. The second-order valence-corrected chi connectivity index (χ2v) is 6.27. The monoisotopic (exact) mass is 262 g/mol. The van der Waals surface area contributed by atoms with Gasteiger partial charge in [-0.2, -0.15) is 0 Å². The summed E-state index contributed by atoms with van der Waals surface area (Å²) in [4.78, 5) is 2.52. The van der Waals surface area contributed by atoms with Gasteiger partial charge in [-0.3, -0.25) is 4.90 Å². The number of hydrogen-bond acceptors (Lipinski definition) is 3. The normalized spacial score (nSPS) is 23.5. The first kappa shape index (κ1) is 14.5. The van der Waals surface area contributed by atoms with Crippen LogP contribution in [0.4, 0.5) is 0 Å². The summed E-state index contributed by atoms with van der Waals surface area (Å²) in [5, 5.41) is 12.6. The van der Waals surface area contributed by atoms with E-state index in [0.717, 1.165) is 26.1 Å². The summed E-state index contributed by atoms with van der Waals surface area (Å²) in [6.45, 7) is 9.90. The summed E-state index contributed by atoms with van der Waals surface area (Å²) < 4.78 is 0. The number of nitrogens with zero attached hydrogens (tertiary/aromatic N) is 1. The van der Waals surface area contributed by atoms with Crippen molar-refractivity contribution in [2.24, 2.45) is 0 Å². The van der Waals surface area contributed by atoms with E-state index in [2.05, 4.69) is 55.3 Å². The Balaban J connectivity index is 2.04. The topological polar surface area (TPSA) is 35.5 Å². The maximum absolute atomic E-state index is 9.10. The molecule has 1 aliphatic rings. The number of rotatable bonds is 4. The van der Waals surface area contributed by atoms with E-state index in [1.165, 1.54) is 11.1 Å². The highest BCUT2D eigenvalue weighted by molar-refractivity contribution is 5.21. The largest absolute Gasteiger partial charge is 0.396 e. The smallest absolute Gasteiger partial charge is 0.0446 e. The number of hydrogen-bond donors (Lipinski definition) is 2. The molecule has 3 heteroatoms. The van der Waals surface area contributed by atoms with Crippen LogP contribution in [0.25, 0.3) is 0 Å². The van der Waals surface area contributed by atoms with Gasteiger partial charge in [0.2, 0.25) is 0 Å². The quantitative estimate of drug-likeness (QED) is 0.870. The molecule has 19 heavy (non-hydrogen) atoms. The molecule has 106 valence electrons. The highest BCUT2D eigenvalue weighted by atomic mass is 16.3. The summed E-state index contributed by atoms with van der Waals surface area (Å²) in [5.41, 5.74) is 2.83. The van der Waals surface area contributed by atoms with Gasteiger partial charge in [0.15, 0.2) is 0 Å². The van der Waals surface area contributed by atoms with Crippen molar-refractivity contribution in [3.63, 3.8) is 0 Å². The zero-order valence-electron chi connectivity index (χ0n) is 12.3. The van der Waals surface area contributed by atoms with E-state index in [1.807, 2.05) is 0 Å². The Morgan fingerprint density at radius 1 is 1.32 bits per heavy atom. The number of nitrogens with one attached hydrogen (secondary N) is 1. The van der Waals surface area contributed by atoms with Gasteiger partial charge in [-0.25, -0.2) is 0 Å². The Morgan fingerprint density at radius 2 is 2.00 bits per heavy atom. The lowest BCUT2D eigenvalue weighted by Gasteiger charge is -2.46. The summed E-state index contributed by atoms with van der Waals surface area (Å²) in [6.07, 6.45) is 0.834. The Kier molecular flexibility index (Phi) is 4.61. The first-order valence-electron chi connectivity index (χ1n) is 7.16. The number of aliphatic hydroxyl groups excluding tert-OH is 1. The molecule has 1 aromatic carbocycles. The highest BCUT2D eigenvalue weighted by Crippen LogP contribution is 2.22. The summed E-state index contributed by atoms with van der Waals surface area (Å²) in [5.74, 6) is 0. The van der Waals surface area contributed by atoms with Crippen LogP contribution in [0.2, 0.25) is 0 Å². The molecule has 0 radical (unpaired) electrons. The minimum Gasteiger partial charge on any atom is -0.396 e. The minimum absolute atomic E-state index is 0.164. The van der Waals surface area contributed by atoms with E-state index >= 15 is 0 Å². The van der Waals surface area contributed by atoms with Gasteiger partial charge in [0.05, 0.1) is 0 Å². The highest BCUT2D eigenvalue weighted by Gasteiger charge is 2.33. The van der Waals surface area contributed by atoms with Gasteiger partial charge in [0.1, 0.15) is 0 Å². The van der Waals surface area contributed by atoms with Crippen LogP contribution in [0.1, 0.15) is 31.4 Å². The molecule has 1 unspecified atom stereocenters. The van der Waals surface area contributed by atoms with Crippen LogP contribution >= 0.6 is 0 Å². The van der Waals surface area contributed by atoms with Crippen LogP contribution < -0.4 is 5.32 Å². The molecule has 0 aromatic heterocycles. The molecule has 1 fully saturated rings. The average Bonchev–Trinajstić information content (AvgIpc) is 2.37. The van der Waals surface area contributed by atoms with Gasteiger partial charge in [-0.1, -0.05) is 29.8 Å². The molecule has 3 nitrogen and oxygen atoms in total. The first-order valence-corrected chi connectivity index (χ1v) is 7.16. The molecule has 0 aliphatic carbocycles. The lowest BCUT2D eigenvalue weighted by Crippen LogP contribution is -2.61. The molecule has 2 rings (SSSR count). The van der Waals surface area contributed by atoms with Crippen LogP contribution in [0, 0.1) is 6.92 Å². The van der Waals surface area contributed by atoms with Crippen LogP contribution in [-0.2, 0) is 6.54 Å². The zero-order valence-corrected chi connectivity index (χ0v) is 12.3. The molecule has 0 spiro atoms. The third-order valence-electron chi connectivity index (χ3n) is 4.09. The van der Waals surface area contributed by atoms with Crippen molar-refractivity contribution >= 4 is 0 Å². The van der Waals surface area contributed by atoms with Gasteiger partial charge in [0, 0.05) is 37.8 Å². The molecule has 1 heterocycles. The Morgan fingerprint density at radius 3 is 2.63 bits per heavy atom. The Bertz CT molecular complexity index is 400. The van der Waals surface area contributed by atoms with Gasteiger partial charge in [-0.15, -0.1) is 0 Å². The maximum Gasteiger partial charge on any atom is 0.0446 e. The van der Waals surface area contributed by atoms with Crippen molar-refractivity contribution in [1.82, 2.24) is 10.2 Å². The summed E-state index contributed by atoms with van der Waals surface area (Å²) in [6, 6.07) is 9.19. The predicted octanol–water partition coefficient (Wildman–Crippen LogP) is 1.93. The van der Waals surface area contributed by atoms with Gasteiger partial charge in [-0.05, 0) is 32.8 Å². The van der Waals surface area contributed by atoms with E-state index in [-0.39, 0.29) is 12.1 Å². The van der Waals surface area contributed by atoms with Crippen LogP contribution in [0.15, 0.2) is 24.3 Å². The van der Waals surface area contributed by atoms with Crippen molar-refractivity contribution < 1.29 is 5.11 Å². The van der Waals surface area contributed by atoms with E-state index in [0.29, 0.717) is 6.04 Å². The molecule has 1 saturated heterocycles. The van der Waals surface area contributed by atoms with Crippen molar-refractivity contribution in [3.8, 4) is 0 Å². The Hall–Kier alpha value is -0.900. The number of aliphatic hydroxyl groups is 1. The van der Waals surface area contributed by atoms with Crippen molar-refractivity contribution in [2.45, 2.75) is 45.3 Å². The fraction of sp³-hybridized carbons (Fsp3) is 0.625. The number of aryl methyl sites for hydroxylation is 1. The zero-order chi connectivity index (χ0) is 13.9. The van der Waals surface area contributed by atoms with Crippen LogP contribution in [0.5, 0.6) is 0 Å². The number of benzene rings is 1. The van der Waals surface area contributed by atoms with Crippen molar-refractivity contribution in [2.75, 3.05) is 19.7 Å².